The Morgan fingerprint density at radius 1 is 1.29 bits per heavy atom. The first-order valence-corrected chi connectivity index (χ1v) is 13.4. The van der Waals surface area contributed by atoms with Crippen molar-refractivity contribution in [3.05, 3.63) is 28.3 Å². The summed E-state index contributed by atoms with van der Waals surface area (Å²) in [6, 6.07) is 3.96. The normalized spacial score (nSPS) is 25.5. The zero-order chi connectivity index (χ0) is 23.4. The molecule has 1 aromatic rings. The number of ether oxygens (including phenoxy) is 1. The Hall–Kier alpha value is -1.76. The van der Waals surface area contributed by atoms with Crippen LogP contribution in [0.1, 0.15) is 38.3 Å². The quantitative estimate of drug-likeness (QED) is 0.510. The van der Waals surface area contributed by atoms with E-state index in [1.807, 2.05) is 19.2 Å². The minimum atomic E-state index is -4.56. The smallest absolute Gasteiger partial charge is 0.427 e. The lowest BCUT2D eigenvalue weighted by molar-refractivity contribution is -0.203. The van der Waals surface area contributed by atoms with Crippen molar-refractivity contribution in [2.24, 2.45) is 4.99 Å². The molecule has 0 unspecified atom stereocenters. The first-order valence-electron chi connectivity index (χ1n) is 10.1. The molecule has 0 radical (unpaired) electrons. The third-order valence-electron chi connectivity index (χ3n) is 6.45. The fourth-order valence-corrected chi connectivity index (χ4v) is 5.21. The molecule has 2 aliphatic heterocycles. The molecule has 2 heterocycles. The number of nitriles is 1. The number of halogens is 4. The Kier molecular flexibility index (Phi) is 6.15. The molecule has 0 spiro atoms. The lowest BCUT2D eigenvalue weighted by Gasteiger charge is -2.40. The van der Waals surface area contributed by atoms with Crippen molar-refractivity contribution in [2.75, 3.05) is 6.54 Å². The lowest BCUT2D eigenvalue weighted by Crippen LogP contribution is -2.51. The van der Waals surface area contributed by atoms with Crippen molar-refractivity contribution in [2.45, 2.75) is 76.7 Å². The van der Waals surface area contributed by atoms with Crippen LogP contribution in [-0.4, -0.2) is 50.2 Å². The van der Waals surface area contributed by atoms with Gasteiger partial charge in [0.15, 0.2) is 8.32 Å². The lowest BCUT2D eigenvalue weighted by atomic mass is 10.1. The predicted molar refractivity (Wildman–Crippen MR) is 116 cm³/mol. The van der Waals surface area contributed by atoms with Gasteiger partial charge in [0.25, 0.3) is 6.02 Å². The summed E-state index contributed by atoms with van der Waals surface area (Å²) in [6.45, 7) is 12.3. The summed E-state index contributed by atoms with van der Waals surface area (Å²) >= 11 is 6.19. The molecule has 31 heavy (non-hydrogen) atoms. The number of benzene rings is 1. The van der Waals surface area contributed by atoms with Gasteiger partial charge in [-0.15, -0.1) is 0 Å². The van der Waals surface area contributed by atoms with Crippen LogP contribution in [0, 0.1) is 18.3 Å². The first kappa shape index (κ1) is 23.9. The summed E-state index contributed by atoms with van der Waals surface area (Å²) in [5.74, 6) is 0. The van der Waals surface area contributed by atoms with E-state index in [1.54, 1.807) is 17.9 Å². The van der Waals surface area contributed by atoms with Crippen LogP contribution in [0.3, 0.4) is 0 Å². The van der Waals surface area contributed by atoms with E-state index in [-0.39, 0.29) is 21.6 Å². The van der Waals surface area contributed by atoms with Crippen LogP contribution in [0.5, 0.6) is 0 Å². The Bertz CT molecular complexity index is 938. The third kappa shape index (κ3) is 4.43. The number of rotatable bonds is 3. The second-order valence-corrected chi connectivity index (χ2v) is 14.7. The van der Waals surface area contributed by atoms with Crippen LogP contribution in [0.15, 0.2) is 17.1 Å². The van der Waals surface area contributed by atoms with Crippen LogP contribution in [0.4, 0.5) is 18.9 Å². The summed E-state index contributed by atoms with van der Waals surface area (Å²) in [7, 11) is -2.28. The van der Waals surface area contributed by atoms with E-state index in [2.05, 4.69) is 25.8 Å². The minimum absolute atomic E-state index is 0.0856. The molecule has 0 bridgehead atoms. The zero-order valence-electron chi connectivity index (χ0n) is 18.5. The molecule has 0 aromatic heterocycles. The number of hydrogen-bond acceptors (Lipinski definition) is 4. The van der Waals surface area contributed by atoms with Gasteiger partial charge in [-0.05, 0) is 49.2 Å². The number of amidine groups is 1. The number of alkyl halides is 3. The maximum atomic E-state index is 13.9. The average Bonchev–Trinajstić information content (AvgIpc) is 3.19. The van der Waals surface area contributed by atoms with Crippen LogP contribution in [-0.2, 0) is 9.16 Å². The van der Waals surface area contributed by atoms with Gasteiger partial charge in [0.2, 0.25) is 6.10 Å². The van der Waals surface area contributed by atoms with E-state index < -0.39 is 32.7 Å². The molecule has 10 heteroatoms. The summed E-state index contributed by atoms with van der Waals surface area (Å²) in [5, 5.41) is 9.21. The average molecular weight is 474 g/mol. The molecule has 5 nitrogen and oxygen atoms in total. The molecule has 2 fully saturated rings. The van der Waals surface area contributed by atoms with Gasteiger partial charge in [0, 0.05) is 6.54 Å². The molecule has 3 rings (SSSR count). The van der Waals surface area contributed by atoms with Crippen molar-refractivity contribution in [3.8, 4) is 6.07 Å². The van der Waals surface area contributed by atoms with Crippen molar-refractivity contribution in [3.63, 3.8) is 0 Å². The summed E-state index contributed by atoms with van der Waals surface area (Å²) in [5.41, 5.74) is 1.16. The largest absolute Gasteiger partial charge is 0.450 e. The van der Waals surface area contributed by atoms with E-state index in [1.165, 1.54) is 6.07 Å². The van der Waals surface area contributed by atoms with Gasteiger partial charge < -0.3 is 14.1 Å². The highest BCUT2D eigenvalue weighted by Gasteiger charge is 2.61. The van der Waals surface area contributed by atoms with Gasteiger partial charge in [0.1, 0.15) is 12.1 Å². The van der Waals surface area contributed by atoms with E-state index in [4.69, 9.17) is 26.0 Å². The molecule has 0 saturated carbocycles. The van der Waals surface area contributed by atoms with Crippen molar-refractivity contribution in [1.29, 1.82) is 5.26 Å². The molecule has 2 aliphatic rings. The zero-order valence-corrected chi connectivity index (χ0v) is 20.2. The molecule has 0 aliphatic carbocycles. The molecule has 0 N–H and O–H groups in total. The van der Waals surface area contributed by atoms with E-state index in [9.17, 15) is 13.2 Å². The maximum Gasteiger partial charge on any atom is 0.427 e. The topological polar surface area (TPSA) is 57.9 Å². The van der Waals surface area contributed by atoms with Gasteiger partial charge in [0.05, 0.1) is 22.4 Å². The predicted octanol–water partition coefficient (Wildman–Crippen LogP) is 5.93. The van der Waals surface area contributed by atoms with Crippen LogP contribution in [0.2, 0.25) is 23.2 Å². The Morgan fingerprint density at radius 2 is 1.94 bits per heavy atom. The molecule has 170 valence electrons. The van der Waals surface area contributed by atoms with Gasteiger partial charge in [-0.3, -0.25) is 0 Å². The van der Waals surface area contributed by atoms with Crippen molar-refractivity contribution < 1.29 is 22.3 Å². The van der Waals surface area contributed by atoms with Crippen LogP contribution < -0.4 is 0 Å². The highest BCUT2D eigenvalue weighted by atomic mass is 35.5. The standard InChI is InChI=1S/C21H27ClF3N3O2Si/c1-12-14(8-7-13(11-26)16(12)22)27-19-28-10-9-15(30-31(5,6)20(2,3)4)17(28)18(29-19)21(23,24)25/h7-8,15,17-18H,9-10H2,1-6H3/t15-,17+,18-/m1/s1. The summed E-state index contributed by atoms with van der Waals surface area (Å²) in [4.78, 5) is 5.92. The van der Waals surface area contributed by atoms with Gasteiger partial charge in [-0.1, -0.05) is 32.4 Å². The monoisotopic (exact) mass is 473 g/mol. The number of fused-ring (bicyclic) bond motifs is 1. The Balaban J connectivity index is 1.97. The minimum Gasteiger partial charge on any atom is -0.450 e. The molecule has 3 atom stereocenters. The first-order chi connectivity index (χ1) is 14.2. The van der Waals surface area contributed by atoms with E-state index >= 15 is 0 Å². The highest BCUT2D eigenvalue weighted by Crippen LogP contribution is 2.44. The van der Waals surface area contributed by atoms with Crippen LogP contribution >= 0.6 is 11.6 Å². The van der Waals surface area contributed by atoms with Gasteiger partial charge >= 0.3 is 6.18 Å². The maximum absolute atomic E-state index is 13.9. The SMILES string of the molecule is Cc1c(N=C2O[C@@H](C(F)(F)F)[C@@H]3[C@H](O[Si](C)(C)C(C)(C)C)CCN23)ccc(C#N)c1Cl. The van der Waals surface area contributed by atoms with Gasteiger partial charge in [-0.2, -0.15) is 23.4 Å². The second kappa shape index (κ2) is 7.98. The number of hydrogen-bond donors (Lipinski definition) is 0. The second-order valence-electron chi connectivity index (χ2n) is 9.55. The van der Waals surface area contributed by atoms with Crippen molar-refractivity contribution >= 4 is 31.6 Å². The van der Waals surface area contributed by atoms with Crippen LogP contribution in [0.25, 0.3) is 0 Å². The number of nitrogens with zero attached hydrogens (tertiary/aromatic N) is 3. The van der Waals surface area contributed by atoms with Crippen molar-refractivity contribution in [1.82, 2.24) is 4.90 Å². The molecular weight excluding hydrogens is 447 g/mol. The Morgan fingerprint density at radius 3 is 2.48 bits per heavy atom. The van der Waals surface area contributed by atoms with E-state index in [0.29, 0.717) is 24.2 Å². The fourth-order valence-electron chi connectivity index (χ4n) is 3.64. The Labute approximate surface area is 186 Å². The fraction of sp³-hybridized carbons (Fsp3) is 0.619. The number of aliphatic imine (C=N–C) groups is 1. The summed E-state index contributed by atoms with van der Waals surface area (Å²) in [6.07, 6.45) is -6.69. The highest BCUT2D eigenvalue weighted by molar-refractivity contribution is 6.74. The molecular formula is C21H27ClF3N3O2Si. The van der Waals surface area contributed by atoms with Gasteiger partial charge in [-0.25, -0.2) is 0 Å². The third-order valence-corrected chi connectivity index (χ3v) is 11.4. The molecule has 2 saturated heterocycles. The molecule has 1 aromatic carbocycles. The van der Waals surface area contributed by atoms with E-state index in [0.717, 1.165) is 0 Å². The molecule has 0 amide bonds. The summed E-state index contributed by atoms with van der Waals surface area (Å²) < 4.78 is 53.4.